The van der Waals surface area contributed by atoms with Gasteiger partial charge in [0.15, 0.2) is 5.78 Å². The second-order valence-corrected chi connectivity index (χ2v) is 6.03. The summed E-state index contributed by atoms with van der Waals surface area (Å²) >= 11 is 0. The zero-order valence-corrected chi connectivity index (χ0v) is 11.8. The Balaban J connectivity index is 1.67. The summed E-state index contributed by atoms with van der Waals surface area (Å²) in [5.74, 6) is 0.370. The maximum atomic E-state index is 13.0. The van der Waals surface area contributed by atoms with E-state index in [9.17, 15) is 4.79 Å². The van der Waals surface area contributed by atoms with E-state index in [1.807, 2.05) is 30.5 Å². The van der Waals surface area contributed by atoms with Crippen LogP contribution >= 0.6 is 0 Å². The molecule has 1 aromatic heterocycles. The highest BCUT2D eigenvalue weighted by molar-refractivity contribution is 6.09. The Morgan fingerprint density at radius 1 is 1.19 bits per heavy atom. The number of pyridine rings is 1. The summed E-state index contributed by atoms with van der Waals surface area (Å²) in [6.07, 6.45) is 5.31. The van der Waals surface area contributed by atoms with E-state index in [1.165, 1.54) is 0 Å². The van der Waals surface area contributed by atoms with Gasteiger partial charge in [-0.25, -0.2) is 0 Å². The van der Waals surface area contributed by atoms with Crippen LogP contribution in [0.25, 0.3) is 10.8 Å². The number of fused-ring (bicyclic) bond motifs is 3. The van der Waals surface area contributed by atoms with Crippen molar-refractivity contribution in [1.29, 1.82) is 0 Å². The second-order valence-electron chi connectivity index (χ2n) is 6.03. The molecule has 0 radical (unpaired) electrons. The van der Waals surface area contributed by atoms with E-state index in [1.54, 1.807) is 6.20 Å². The number of aromatic nitrogens is 1. The lowest BCUT2D eigenvalue weighted by molar-refractivity contribution is 0.00956. The zero-order chi connectivity index (χ0) is 14.2. The number of carbonyl (C=O) groups is 1. The van der Waals surface area contributed by atoms with E-state index in [0.717, 1.165) is 42.4 Å². The van der Waals surface area contributed by atoms with Gasteiger partial charge in [0.1, 0.15) is 0 Å². The lowest BCUT2D eigenvalue weighted by Gasteiger charge is -2.39. The molecule has 1 aromatic carbocycles. The molecule has 0 amide bonds. The molecule has 2 saturated heterocycles. The molecule has 2 fully saturated rings. The van der Waals surface area contributed by atoms with Crippen LogP contribution in [0.4, 0.5) is 0 Å². The number of ether oxygens (including phenoxy) is 1. The molecule has 4 rings (SSSR count). The highest BCUT2D eigenvalue weighted by Crippen LogP contribution is 2.29. The largest absolute Gasteiger partial charge is 0.378 e. The van der Waals surface area contributed by atoms with Crippen molar-refractivity contribution >= 4 is 16.6 Å². The summed E-state index contributed by atoms with van der Waals surface area (Å²) < 4.78 is 5.56. The van der Waals surface area contributed by atoms with E-state index < -0.39 is 0 Å². The van der Waals surface area contributed by atoms with Crippen molar-refractivity contribution in [3.63, 3.8) is 0 Å². The van der Waals surface area contributed by atoms with Gasteiger partial charge in [-0.15, -0.1) is 0 Å². The SMILES string of the molecule is O=C(c1cccc2cnccc12)C1CC2COCC(C1)N2. The molecule has 2 aliphatic heterocycles. The number of nitrogens with zero attached hydrogens (tertiary/aromatic N) is 1. The second kappa shape index (κ2) is 5.20. The topological polar surface area (TPSA) is 51.2 Å². The first kappa shape index (κ1) is 12.9. The first-order valence-corrected chi connectivity index (χ1v) is 7.52. The fourth-order valence-electron chi connectivity index (χ4n) is 3.61. The molecule has 2 bridgehead atoms. The molecular weight excluding hydrogens is 264 g/mol. The van der Waals surface area contributed by atoms with Crippen LogP contribution in [0.3, 0.4) is 0 Å². The van der Waals surface area contributed by atoms with Crippen LogP contribution < -0.4 is 5.32 Å². The molecule has 1 N–H and O–H groups in total. The molecule has 0 spiro atoms. The highest BCUT2D eigenvalue weighted by atomic mass is 16.5. The van der Waals surface area contributed by atoms with Gasteiger partial charge in [-0.1, -0.05) is 18.2 Å². The number of nitrogens with one attached hydrogen (secondary N) is 1. The minimum absolute atomic E-state index is 0.101. The maximum absolute atomic E-state index is 13.0. The normalized spacial score (nSPS) is 28.5. The number of rotatable bonds is 2. The van der Waals surface area contributed by atoms with E-state index in [2.05, 4.69) is 10.3 Å². The maximum Gasteiger partial charge on any atom is 0.166 e. The number of piperidine rings is 1. The Morgan fingerprint density at radius 2 is 2.00 bits per heavy atom. The van der Waals surface area contributed by atoms with Gasteiger partial charge < -0.3 is 10.1 Å². The van der Waals surface area contributed by atoms with Crippen molar-refractivity contribution in [2.24, 2.45) is 5.92 Å². The smallest absolute Gasteiger partial charge is 0.166 e. The molecule has 2 atom stereocenters. The zero-order valence-electron chi connectivity index (χ0n) is 11.8. The molecule has 2 aromatic rings. The van der Waals surface area contributed by atoms with Crippen molar-refractivity contribution in [2.75, 3.05) is 13.2 Å². The molecular formula is C17H18N2O2. The van der Waals surface area contributed by atoms with Gasteiger partial charge in [-0.2, -0.15) is 0 Å². The van der Waals surface area contributed by atoms with Gasteiger partial charge in [0, 0.05) is 41.3 Å². The standard InChI is InChI=1S/C17H18N2O2/c20-17(12-6-13-9-21-10-14(7-12)19-13)16-3-1-2-11-8-18-5-4-15(11)16/h1-5,8,12-14,19H,6-7,9-10H2. The van der Waals surface area contributed by atoms with Crippen molar-refractivity contribution in [3.8, 4) is 0 Å². The van der Waals surface area contributed by atoms with Crippen molar-refractivity contribution in [1.82, 2.24) is 10.3 Å². The van der Waals surface area contributed by atoms with Gasteiger partial charge >= 0.3 is 0 Å². The van der Waals surface area contributed by atoms with Crippen molar-refractivity contribution < 1.29 is 9.53 Å². The third kappa shape index (κ3) is 2.34. The van der Waals surface area contributed by atoms with Gasteiger partial charge in [-0.3, -0.25) is 9.78 Å². The number of hydrogen-bond acceptors (Lipinski definition) is 4. The van der Waals surface area contributed by atoms with Gasteiger partial charge in [0.05, 0.1) is 13.2 Å². The molecule has 0 aliphatic carbocycles. The van der Waals surface area contributed by atoms with Crippen LogP contribution in [0.15, 0.2) is 36.7 Å². The third-order valence-corrected chi connectivity index (χ3v) is 4.56. The van der Waals surface area contributed by atoms with Crippen LogP contribution in [0, 0.1) is 5.92 Å². The molecule has 3 heterocycles. The number of benzene rings is 1. The fraction of sp³-hybridized carbons (Fsp3) is 0.412. The van der Waals surface area contributed by atoms with Crippen molar-refractivity contribution in [2.45, 2.75) is 24.9 Å². The number of ketones is 1. The molecule has 0 saturated carbocycles. The average Bonchev–Trinajstić information content (AvgIpc) is 2.53. The summed E-state index contributed by atoms with van der Waals surface area (Å²) in [4.78, 5) is 17.1. The Labute approximate surface area is 123 Å². The van der Waals surface area contributed by atoms with Crippen molar-refractivity contribution in [3.05, 3.63) is 42.2 Å². The Hall–Kier alpha value is -1.78. The molecule has 2 unspecified atom stereocenters. The molecule has 21 heavy (non-hydrogen) atoms. The number of carbonyl (C=O) groups excluding carboxylic acids is 1. The average molecular weight is 282 g/mol. The molecule has 2 aliphatic rings. The Morgan fingerprint density at radius 3 is 2.81 bits per heavy atom. The Kier molecular flexibility index (Phi) is 3.20. The van der Waals surface area contributed by atoms with E-state index in [4.69, 9.17) is 4.74 Å². The van der Waals surface area contributed by atoms with Crippen LogP contribution in [0.5, 0.6) is 0 Å². The first-order valence-electron chi connectivity index (χ1n) is 7.52. The van der Waals surface area contributed by atoms with Gasteiger partial charge in [0.25, 0.3) is 0 Å². The van der Waals surface area contributed by atoms with E-state index in [-0.39, 0.29) is 11.7 Å². The first-order chi connectivity index (χ1) is 10.3. The monoisotopic (exact) mass is 282 g/mol. The summed E-state index contributed by atoms with van der Waals surface area (Å²) in [5.41, 5.74) is 0.834. The summed E-state index contributed by atoms with van der Waals surface area (Å²) in [7, 11) is 0. The lowest BCUT2D eigenvalue weighted by atomic mass is 9.81. The molecule has 108 valence electrons. The van der Waals surface area contributed by atoms with E-state index in [0.29, 0.717) is 12.1 Å². The summed E-state index contributed by atoms with van der Waals surface area (Å²) in [6, 6.07) is 8.48. The van der Waals surface area contributed by atoms with Crippen LogP contribution in [0.1, 0.15) is 23.2 Å². The summed E-state index contributed by atoms with van der Waals surface area (Å²) in [5, 5.41) is 5.58. The minimum Gasteiger partial charge on any atom is -0.378 e. The minimum atomic E-state index is 0.101. The number of hydrogen-bond donors (Lipinski definition) is 1. The lowest BCUT2D eigenvalue weighted by Crippen LogP contribution is -2.55. The molecule has 4 nitrogen and oxygen atoms in total. The van der Waals surface area contributed by atoms with Crippen LogP contribution in [-0.2, 0) is 4.74 Å². The number of morpholine rings is 1. The Bertz CT molecular complexity index is 668. The highest BCUT2D eigenvalue weighted by Gasteiger charge is 2.35. The molecule has 4 heteroatoms. The van der Waals surface area contributed by atoms with Gasteiger partial charge in [0.2, 0.25) is 0 Å². The number of Topliss-reactive ketones (excluding diaryl/α,β-unsaturated/α-hetero) is 1. The van der Waals surface area contributed by atoms with Gasteiger partial charge in [-0.05, 0) is 24.3 Å². The predicted octanol–water partition coefficient (Wildman–Crippen LogP) is 2.18. The third-order valence-electron chi connectivity index (χ3n) is 4.56. The quantitative estimate of drug-likeness (QED) is 0.858. The van der Waals surface area contributed by atoms with Crippen LogP contribution in [-0.4, -0.2) is 36.1 Å². The van der Waals surface area contributed by atoms with E-state index >= 15 is 0 Å². The fourth-order valence-corrected chi connectivity index (χ4v) is 3.61. The summed E-state index contributed by atoms with van der Waals surface area (Å²) in [6.45, 7) is 1.44. The van der Waals surface area contributed by atoms with Crippen LogP contribution in [0.2, 0.25) is 0 Å². The predicted molar refractivity (Wildman–Crippen MR) is 80.3 cm³/mol.